The number of carboxylic acids is 2. The second kappa shape index (κ2) is 7.15. The molecule has 19 heavy (non-hydrogen) atoms. The molecule has 0 fully saturated rings. The molecule has 0 radical (unpaired) electrons. The number of hydrogen-bond acceptors (Lipinski definition) is 3. The molecule has 1 unspecified atom stereocenters. The van der Waals surface area contributed by atoms with Gasteiger partial charge in [-0.15, -0.1) is 0 Å². The molecule has 0 saturated carbocycles. The normalized spacial score (nSPS) is 11.6. The third kappa shape index (κ3) is 5.67. The zero-order valence-electron chi connectivity index (χ0n) is 10.2. The number of benzene rings is 1. The second-order valence-electron chi connectivity index (χ2n) is 4.10. The average Bonchev–Trinajstić information content (AvgIpc) is 2.36. The second-order valence-corrected chi connectivity index (χ2v) is 4.10. The first-order chi connectivity index (χ1) is 8.99. The minimum absolute atomic E-state index is 0.233. The van der Waals surface area contributed by atoms with Gasteiger partial charge < -0.3 is 15.5 Å². The number of nitrogens with one attached hydrogen (secondary N) is 1. The van der Waals surface area contributed by atoms with E-state index in [-0.39, 0.29) is 12.8 Å². The summed E-state index contributed by atoms with van der Waals surface area (Å²) in [6, 6.07) is 8.96. The standard InChI is InChI=1S/C13H15NO5/c15-11(14-8-12(16)17)7-10(13(18)19)6-9-4-2-1-3-5-9/h1-5,10H,6-8H2,(H,14,15)(H,16,17)(H,18,19). The highest BCUT2D eigenvalue weighted by Crippen LogP contribution is 2.12. The van der Waals surface area contributed by atoms with E-state index in [1.807, 2.05) is 6.07 Å². The summed E-state index contributed by atoms with van der Waals surface area (Å²) in [4.78, 5) is 32.8. The van der Waals surface area contributed by atoms with Gasteiger partial charge in [0.1, 0.15) is 6.54 Å². The molecule has 0 aliphatic heterocycles. The Morgan fingerprint density at radius 2 is 1.74 bits per heavy atom. The van der Waals surface area contributed by atoms with Crippen molar-refractivity contribution in [2.75, 3.05) is 6.54 Å². The van der Waals surface area contributed by atoms with Gasteiger partial charge in [0.15, 0.2) is 0 Å². The van der Waals surface area contributed by atoms with Crippen molar-refractivity contribution in [3.63, 3.8) is 0 Å². The molecule has 0 aromatic heterocycles. The van der Waals surface area contributed by atoms with Gasteiger partial charge in [-0.1, -0.05) is 30.3 Å². The Balaban J connectivity index is 2.56. The lowest BCUT2D eigenvalue weighted by molar-refractivity contribution is -0.144. The molecule has 102 valence electrons. The molecule has 0 aliphatic rings. The third-order valence-corrected chi connectivity index (χ3v) is 2.54. The van der Waals surface area contributed by atoms with Crippen LogP contribution >= 0.6 is 0 Å². The van der Waals surface area contributed by atoms with Crippen molar-refractivity contribution >= 4 is 17.8 Å². The largest absolute Gasteiger partial charge is 0.481 e. The Labute approximate surface area is 110 Å². The van der Waals surface area contributed by atoms with Crippen molar-refractivity contribution in [1.29, 1.82) is 0 Å². The minimum atomic E-state index is -1.16. The molecular weight excluding hydrogens is 250 g/mol. The van der Waals surface area contributed by atoms with Gasteiger partial charge >= 0.3 is 11.9 Å². The smallest absolute Gasteiger partial charge is 0.322 e. The van der Waals surface area contributed by atoms with Crippen LogP contribution in [0.15, 0.2) is 30.3 Å². The lowest BCUT2D eigenvalue weighted by Gasteiger charge is -2.11. The molecule has 6 heteroatoms. The molecule has 0 spiro atoms. The van der Waals surface area contributed by atoms with Crippen LogP contribution in [-0.4, -0.2) is 34.6 Å². The molecule has 1 aromatic carbocycles. The molecule has 1 aromatic rings. The zero-order chi connectivity index (χ0) is 14.3. The Morgan fingerprint density at radius 3 is 2.26 bits per heavy atom. The van der Waals surface area contributed by atoms with Crippen LogP contribution in [0.3, 0.4) is 0 Å². The van der Waals surface area contributed by atoms with Gasteiger partial charge in [0, 0.05) is 6.42 Å². The van der Waals surface area contributed by atoms with Crippen molar-refractivity contribution in [3.8, 4) is 0 Å². The lowest BCUT2D eigenvalue weighted by Crippen LogP contribution is -2.32. The van der Waals surface area contributed by atoms with Crippen molar-refractivity contribution in [2.24, 2.45) is 5.92 Å². The number of carbonyl (C=O) groups excluding carboxylic acids is 1. The number of aliphatic carboxylic acids is 2. The summed E-state index contributed by atoms with van der Waals surface area (Å²) in [5, 5.41) is 19.6. The average molecular weight is 265 g/mol. The van der Waals surface area contributed by atoms with E-state index in [2.05, 4.69) is 5.32 Å². The first-order valence-corrected chi connectivity index (χ1v) is 5.74. The van der Waals surface area contributed by atoms with E-state index in [4.69, 9.17) is 10.2 Å². The van der Waals surface area contributed by atoms with Crippen molar-refractivity contribution in [3.05, 3.63) is 35.9 Å². The maximum Gasteiger partial charge on any atom is 0.322 e. The van der Waals surface area contributed by atoms with Crippen LogP contribution in [0.4, 0.5) is 0 Å². The number of amides is 1. The molecule has 3 N–H and O–H groups in total. The number of hydrogen-bond donors (Lipinski definition) is 3. The summed E-state index contributed by atoms with van der Waals surface area (Å²) in [6.45, 7) is -0.503. The predicted molar refractivity (Wildman–Crippen MR) is 66.5 cm³/mol. The van der Waals surface area contributed by atoms with Gasteiger partial charge in [-0.25, -0.2) is 0 Å². The maximum absolute atomic E-state index is 11.4. The quantitative estimate of drug-likeness (QED) is 0.666. The van der Waals surface area contributed by atoms with Crippen molar-refractivity contribution in [2.45, 2.75) is 12.8 Å². The summed E-state index contributed by atoms with van der Waals surface area (Å²) in [6.07, 6.45) is -0.00578. The highest BCUT2D eigenvalue weighted by Gasteiger charge is 2.21. The van der Waals surface area contributed by atoms with Crippen LogP contribution in [0.25, 0.3) is 0 Å². The Bertz CT molecular complexity index is 457. The number of carbonyl (C=O) groups is 3. The fourth-order valence-corrected chi connectivity index (χ4v) is 1.62. The van der Waals surface area contributed by atoms with E-state index in [0.29, 0.717) is 0 Å². The Hall–Kier alpha value is -2.37. The predicted octanol–water partition coefficient (Wildman–Crippen LogP) is 0.521. The fraction of sp³-hybridized carbons (Fsp3) is 0.308. The van der Waals surface area contributed by atoms with E-state index in [1.54, 1.807) is 24.3 Å². The van der Waals surface area contributed by atoms with Gasteiger partial charge in [0.05, 0.1) is 5.92 Å². The lowest BCUT2D eigenvalue weighted by atomic mass is 9.96. The molecular formula is C13H15NO5. The molecule has 6 nitrogen and oxygen atoms in total. The number of rotatable bonds is 7. The molecule has 0 heterocycles. The van der Waals surface area contributed by atoms with Gasteiger partial charge in [0.25, 0.3) is 0 Å². The van der Waals surface area contributed by atoms with Gasteiger partial charge in [0.2, 0.25) is 5.91 Å². The summed E-state index contributed by atoms with van der Waals surface area (Å²) in [5.41, 5.74) is 0.820. The Kier molecular flexibility index (Phi) is 5.53. The van der Waals surface area contributed by atoms with Crippen molar-refractivity contribution < 1.29 is 24.6 Å². The van der Waals surface area contributed by atoms with E-state index >= 15 is 0 Å². The molecule has 0 bridgehead atoms. The maximum atomic E-state index is 11.4. The van der Waals surface area contributed by atoms with Gasteiger partial charge in [-0.3, -0.25) is 14.4 Å². The van der Waals surface area contributed by atoms with E-state index in [0.717, 1.165) is 5.56 Å². The highest BCUT2D eigenvalue weighted by molar-refractivity contribution is 5.84. The van der Waals surface area contributed by atoms with Crippen molar-refractivity contribution in [1.82, 2.24) is 5.32 Å². The van der Waals surface area contributed by atoms with Crippen LogP contribution in [0, 0.1) is 5.92 Å². The monoisotopic (exact) mass is 265 g/mol. The van der Waals surface area contributed by atoms with Crippen LogP contribution in [0.1, 0.15) is 12.0 Å². The third-order valence-electron chi connectivity index (χ3n) is 2.54. The summed E-state index contributed by atoms with van der Waals surface area (Å²) >= 11 is 0. The van der Waals surface area contributed by atoms with Crippen LogP contribution in [0.2, 0.25) is 0 Å². The molecule has 1 rings (SSSR count). The van der Waals surface area contributed by atoms with Crippen LogP contribution in [0.5, 0.6) is 0 Å². The first-order valence-electron chi connectivity index (χ1n) is 5.74. The topological polar surface area (TPSA) is 104 Å². The number of carboxylic acid groups (broad SMARTS) is 2. The highest BCUT2D eigenvalue weighted by atomic mass is 16.4. The Morgan fingerprint density at radius 1 is 1.11 bits per heavy atom. The first kappa shape index (κ1) is 14.7. The van der Waals surface area contributed by atoms with Gasteiger partial charge in [-0.2, -0.15) is 0 Å². The molecule has 1 amide bonds. The summed E-state index contributed by atoms with van der Waals surface area (Å²) in [5.74, 6) is -3.68. The van der Waals surface area contributed by atoms with Crippen LogP contribution in [-0.2, 0) is 20.8 Å². The SMILES string of the molecule is O=C(O)CNC(=O)CC(Cc1ccccc1)C(=O)O. The van der Waals surface area contributed by atoms with E-state index in [9.17, 15) is 14.4 Å². The summed E-state index contributed by atoms with van der Waals surface area (Å²) < 4.78 is 0. The summed E-state index contributed by atoms with van der Waals surface area (Å²) in [7, 11) is 0. The molecule has 0 saturated heterocycles. The zero-order valence-corrected chi connectivity index (χ0v) is 10.2. The van der Waals surface area contributed by atoms with Gasteiger partial charge in [-0.05, 0) is 12.0 Å². The fourth-order valence-electron chi connectivity index (χ4n) is 1.62. The molecule has 1 atom stereocenters. The molecule has 0 aliphatic carbocycles. The van der Waals surface area contributed by atoms with E-state index in [1.165, 1.54) is 0 Å². The van der Waals surface area contributed by atoms with E-state index < -0.39 is 30.3 Å². The minimum Gasteiger partial charge on any atom is -0.481 e. The van der Waals surface area contributed by atoms with Crippen LogP contribution < -0.4 is 5.32 Å².